The van der Waals surface area contributed by atoms with Gasteiger partial charge in [-0.15, -0.1) is 0 Å². The number of nitrogens with zero attached hydrogens (tertiary/aromatic N) is 5. The minimum absolute atomic E-state index is 0.135. The molecule has 0 aromatic carbocycles. The Hall–Kier alpha value is -1.56. The van der Waals surface area contributed by atoms with Crippen LogP contribution in [0.4, 0.5) is 11.8 Å². The highest BCUT2D eigenvalue weighted by Gasteiger charge is 2.32. The van der Waals surface area contributed by atoms with Gasteiger partial charge in [-0.05, 0) is 33.6 Å². The second-order valence-electron chi connectivity index (χ2n) is 7.01. The first-order valence-corrected chi connectivity index (χ1v) is 8.88. The maximum atomic E-state index is 4.96. The molecule has 6 heteroatoms. The molecule has 23 heavy (non-hydrogen) atoms. The van der Waals surface area contributed by atoms with Gasteiger partial charge in [0.25, 0.3) is 0 Å². The quantitative estimate of drug-likeness (QED) is 0.907. The molecule has 1 saturated carbocycles. The molecule has 1 aliphatic heterocycles. The molecule has 0 radical (unpaired) electrons. The molecule has 0 saturated heterocycles. The topological polar surface area (TPSA) is 48.7 Å². The Morgan fingerprint density at radius 1 is 1.35 bits per heavy atom. The maximum Gasteiger partial charge on any atom is 0.207 e. The van der Waals surface area contributed by atoms with E-state index in [0.717, 1.165) is 24.0 Å². The Bertz CT molecular complexity index is 570. The van der Waals surface area contributed by atoms with Gasteiger partial charge in [0.1, 0.15) is 11.9 Å². The fourth-order valence-electron chi connectivity index (χ4n) is 3.49. The zero-order valence-electron chi connectivity index (χ0n) is 15.1. The zero-order valence-corrected chi connectivity index (χ0v) is 15.1. The van der Waals surface area contributed by atoms with Crippen molar-refractivity contribution < 1.29 is 0 Å². The van der Waals surface area contributed by atoms with Crippen LogP contribution in [-0.2, 0) is 7.05 Å². The van der Waals surface area contributed by atoms with E-state index in [2.05, 4.69) is 59.5 Å². The Morgan fingerprint density at radius 3 is 2.65 bits per heavy atom. The standard InChI is InChI=1S/C17H30N6/c1-6-23-11-18-15-14(16(23)19-13-9-7-8-10-13)20-17(22(15)5)21(4)12(2)3/h11-13,16,19H,6-10H2,1-5H3. The molecule has 0 spiro atoms. The normalized spacial score (nSPS) is 21.3. The summed E-state index contributed by atoms with van der Waals surface area (Å²) in [6.45, 7) is 7.47. The van der Waals surface area contributed by atoms with Crippen LogP contribution < -0.4 is 10.2 Å². The van der Waals surface area contributed by atoms with Crippen molar-refractivity contribution in [2.24, 2.45) is 12.0 Å². The summed E-state index contributed by atoms with van der Waals surface area (Å²) in [5, 5.41) is 3.82. The van der Waals surface area contributed by atoms with Gasteiger partial charge in [-0.2, -0.15) is 0 Å². The predicted octanol–water partition coefficient (Wildman–Crippen LogP) is 2.79. The summed E-state index contributed by atoms with van der Waals surface area (Å²) in [6, 6.07) is 1.01. The van der Waals surface area contributed by atoms with Gasteiger partial charge in [-0.3, -0.25) is 9.88 Å². The van der Waals surface area contributed by atoms with Crippen LogP contribution in [0.2, 0.25) is 0 Å². The molecule has 2 aliphatic rings. The summed E-state index contributed by atoms with van der Waals surface area (Å²) in [6.07, 6.45) is 7.31. The Kier molecular flexibility index (Phi) is 4.62. The number of fused-ring (bicyclic) bond motifs is 1. The number of hydrogen-bond donors (Lipinski definition) is 1. The van der Waals surface area contributed by atoms with E-state index in [-0.39, 0.29) is 6.17 Å². The van der Waals surface area contributed by atoms with Crippen LogP contribution in [0.15, 0.2) is 4.99 Å². The van der Waals surface area contributed by atoms with Gasteiger partial charge in [-0.1, -0.05) is 12.8 Å². The smallest absolute Gasteiger partial charge is 0.207 e. The molecule has 0 bridgehead atoms. The Labute approximate surface area is 139 Å². The highest BCUT2D eigenvalue weighted by atomic mass is 15.4. The van der Waals surface area contributed by atoms with E-state index in [9.17, 15) is 0 Å². The average molecular weight is 318 g/mol. The summed E-state index contributed by atoms with van der Waals surface area (Å²) in [7, 11) is 4.16. The first kappa shape index (κ1) is 16.3. The van der Waals surface area contributed by atoms with Gasteiger partial charge in [0.05, 0.1) is 6.34 Å². The van der Waals surface area contributed by atoms with E-state index in [1.165, 1.54) is 25.7 Å². The lowest BCUT2D eigenvalue weighted by Crippen LogP contribution is -2.43. The van der Waals surface area contributed by atoms with Crippen molar-refractivity contribution in [1.82, 2.24) is 19.8 Å². The lowest BCUT2D eigenvalue weighted by Gasteiger charge is -2.33. The van der Waals surface area contributed by atoms with Gasteiger partial charge in [-0.25, -0.2) is 9.98 Å². The molecule has 6 nitrogen and oxygen atoms in total. The lowest BCUT2D eigenvalue weighted by molar-refractivity contribution is 0.250. The van der Waals surface area contributed by atoms with Crippen molar-refractivity contribution in [2.75, 3.05) is 18.5 Å². The Morgan fingerprint density at radius 2 is 2.04 bits per heavy atom. The van der Waals surface area contributed by atoms with E-state index in [4.69, 9.17) is 4.98 Å². The minimum atomic E-state index is 0.135. The van der Waals surface area contributed by atoms with Gasteiger partial charge < -0.3 is 9.80 Å². The van der Waals surface area contributed by atoms with E-state index >= 15 is 0 Å². The highest BCUT2D eigenvalue weighted by molar-refractivity contribution is 5.67. The first-order chi connectivity index (χ1) is 11.0. The van der Waals surface area contributed by atoms with Gasteiger partial charge in [0.2, 0.25) is 5.95 Å². The molecule has 1 N–H and O–H groups in total. The number of anilines is 1. The highest BCUT2D eigenvalue weighted by Crippen LogP contribution is 2.35. The molecule has 1 aromatic rings. The summed E-state index contributed by atoms with van der Waals surface area (Å²) < 4.78 is 2.11. The molecule has 3 rings (SSSR count). The van der Waals surface area contributed by atoms with Crippen LogP contribution in [0.3, 0.4) is 0 Å². The second kappa shape index (κ2) is 6.51. The fraction of sp³-hybridized carbons (Fsp3) is 0.765. The third-order valence-electron chi connectivity index (χ3n) is 5.19. The van der Waals surface area contributed by atoms with E-state index in [1.54, 1.807) is 0 Å². The third kappa shape index (κ3) is 2.96. The molecule has 1 aliphatic carbocycles. The molecule has 0 amide bonds. The number of rotatable bonds is 5. The molecule has 1 unspecified atom stereocenters. The zero-order chi connectivity index (χ0) is 16.6. The van der Waals surface area contributed by atoms with Gasteiger partial charge >= 0.3 is 0 Å². The summed E-state index contributed by atoms with van der Waals surface area (Å²) in [4.78, 5) is 14.1. The molecule has 1 atom stereocenters. The average Bonchev–Trinajstić information content (AvgIpc) is 3.15. The van der Waals surface area contributed by atoms with Crippen LogP contribution in [0, 0.1) is 0 Å². The molecule has 1 aromatic heterocycles. The van der Waals surface area contributed by atoms with Crippen LogP contribution in [0.1, 0.15) is 58.3 Å². The van der Waals surface area contributed by atoms with Crippen molar-refractivity contribution in [2.45, 2.75) is 64.7 Å². The number of aliphatic imine (C=N–C) groups is 1. The van der Waals surface area contributed by atoms with Gasteiger partial charge in [0, 0.05) is 32.7 Å². The molecular weight excluding hydrogens is 288 g/mol. The maximum absolute atomic E-state index is 4.96. The van der Waals surface area contributed by atoms with Gasteiger partial charge in [0.15, 0.2) is 5.82 Å². The first-order valence-electron chi connectivity index (χ1n) is 8.88. The molecule has 1 fully saturated rings. The predicted molar refractivity (Wildman–Crippen MR) is 95.4 cm³/mol. The van der Waals surface area contributed by atoms with Crippen LogP contribution in [0.25, 0.3) is 0 Å². The molecular formula is C17H30N6. The van der Waals surface area contributed by atoms with Crippen molar-refractivity contribution in [3.8, 4) is 0 Å². The second-order valence-corrected chi connectivity index (χ2v) is 7.01. The van der Waals surface area contributed by atoms with Crippen molar-refractivity contribution in [3.63, 3.8) is 0 Å². The summed E-state index contributed by atoms with van der Waals surface area (Å²) in [5.74, 6) is 1.96. The number of imidazole rings is 1. The van der Waals surface area contributed by atoms with E-state index in [1.807, 2.05) is 6.34 Å². The van der Waals surface area contributed by atoms with E-state index in [0.29, 0.717) is 12.1 Å². The largest absolute Gasteiger partial charge is 0.343 e. The monoisotopic (exact) mass is 318 g/mol. The fourth-order valence-corrected chi connectivity index (χ4v) is 3.49. The van der Waals surface area contributed by atoms with Crippen LogP contribution >= 0.6 is 0 Å². The SMILES string of the molecule is CCN1C=Nc2c(nc(N(C)C(C)C)n2C)C1NC1CCCC1. The third-order valence-corrected chi connectivity index (χ3v) is 5.19. The lowest BCUT2D eigenvalue weighted by atomic mass is 10.2. The number of nitrogens with one attached hydrogen (secondary N) is 1. The molecule has 128 valence electrons. The molecule has 2 heterocycles. The van der Waals surface area contributed by atoms with Crippen molar-refractivity contribution in [3.05, 3.63) is 5.69 Å². The summed E-state index contributed by atoms with van der Waals surface area (Å²) >= 11 is 0. The van der Waals surface area contributed by atoms with Crippen LogP contribution in [0.5, 0.6) is 0 Å². The number of aromatic nitrogens is 2. The minimum Gasteiger partial charge on any atom is -0.343 e. The Balaban J connectivity index is 1.94. The number of hydrogen-bond acceptors (Lipinski definition) is 5. The van der Waals surface area contributed by atoms with Crippen molar-refractivity contribution in [1.29, 1.82) is 0 Å². The summed E-state index contributed by atoms with van der Waals surface area (Å²) in [5.41, 5.74) is 1.06. The van der Waals surface area contributed by atoms with E-state index < -0.39 is 0 Å². The van der Waals surface area contributed by atoms with Crippen LogP contribution in [-0.4, -0.2) is 46.5 Å². The van der Waals surface area contributed by atoms with Crippen molar-refractivity contribution >= 4 is 18.1 Å².